The van der Waals surface area contributed by atoms with Crippen LogP contribution in [0.5, 0.6) is 0 Å². The van der Waals surface area contributed by atoms with Gasteiger partial charge in [-0.05, 0) is 36.8 Å². The Balaban J connectivity index is 2.18. The van der Waals surface area contributed by atoms with E-state index in [9.17, 15) is 14.5 Å². The van der Waals surface area contributed by atoms with Gasteiger partial charge in [-0.15, -0.1) is 0 Å². The molecule has 0 bridgehead atoms. The zero-order valence-electron chi connectivity index (χ0n) is 11.8. The first-order valence-electron chi connectivity index (χ1n) is 7.14. The molecule has 0 radical (unpaired) electrons. The molecule has 2 unspecified atom stereocenters. The Kier molecular flexibility index (Phi) is 4.38. The maximum Gasteiger partial charge on any atom is 0.272 e. The molecule has 1 aliphatic rings. The highest BCUT2D eigenvalue weighted by molar-refractivity contribution is 5.36. The van der Waals surface area contributed by atoms with Crippen molar-refractivity contribution in [1.29, 1.82) is 0 Å². The predicted molar refractivity (Wildman–Crippen MR) is 75.9 cm³/mol. The van der Waals surface area contributed by atoms with E-state index < -0.39 is 10.7 Å². The Bertz CT molecular complexity index is 507. The summed E-state index contributed by atoms with van der Waals surface area (Å²) in [5, 5.41) is 10.8. The van der Waals surface area contributed by atoms with E-state index in [4.69, 9.17) is 5.73 Å². The average Bonchev–Trinajstić information content (AvgIpc) is 2.37. The van der Waals surface area contributed by atoms with E-state index in [1.165, 1.54) is 18.6 Å². The number of nitro benzene ring substituents is 1. The standard InChI is InChI=1S/C15H21FN2O2/c1-2-11-4-3-5-15(17,9-11)10-12-6-13(16)8-14(7-12)18(19)20/h6-8,11H,2-5,9-10,17H2,1H3. The Morgan fingerprint density at radius 3 is 2.90 bits per heavy atom. The molecule has 4 nitrogen and oxygen atoms in total. The monoisotopic (exact) mass is 280 g/mol. The Morgan fingerprint density at radius 2 is 2.25 bits per heavy atom. The van der Waals surface area contributed by atoms with Gasteiger partial charge in [-0.3, -0.25) is 10.1 Å². The van der Waals surface area contributed by atoms with Crippen molar-refractivity contribution in [2.45, 2.75) is 51.0 Å². The number of nitro groups is 1. The molecule has 0 aromatic heterocycles. The first-order chi connectivity index (χ1) is 9.42. The van der Waals surface area contributed by atoms with E-state index in [-0.39, 0.29) is 11.2 Å². The Morgan fingerprint density at radius 1 is 1.50 bits per heavy atom. The number of nitrogens with two attached hydrogens (primary N) is 1. The lowest BCUT2D eigenvalue weighted by Gasteiger charge is -2.38. The van der Waals surface area contributed by atoms with Crippen molar-refractivity contribution in [1.82, 2.24) is 0 Å². The van der Waals surface area contributed by atoms with Crippen LogP contribution in [0.1, 0.15) is 44.6 Å². The van der Waals surface area contributed by atoms with Crippen LogP contribution in [0, 0.1) is 21.8 Å². The summed E-state index contributed by atoms with van der Waals surface area (Å²) < 4.78 is 13.5. The fourth-order valence-electron chi connectivity index (χ4n) is 3.28. The van der Waals surface area contributed by atoms with Crippen LogP contribution in [0.25, 0.3) is 0 Å². The van der Waals surface area contributed by atoms with Gasteiger partial charge in [0.25, 0.3) is 5.69 Å². The lowest BCUT2D eigenvalue weighted by molar-refractivity contribution is -0.385. The van der Waals surface area contributed by atoms with Gasteiger partial charge in [0, 0.05) is 11.6 Å². The van der Waals surface area contributed by atoms with Crippen molar-refractivity contribution in [2.24, 2.45) is 11.7 Å². The second-order valence-corrected chi connectivity index (χ2v) is 5.98. The second kappa shape index (κ2) is 5.87. The highest BCUT2D eigenvalue weighted by Crippen LogP contribution is 2.35. The van der Waals surface area contributed by atoms with E-state index >= 15 is 0 Å². The van der Waals surface area contributed by atoms with Gasteiger partial charge in [0.05, 0.1) is 11.0 Å². The van der Waals surface area contributed by atoms with Crippen LogP contribution in [-0.2, 0) is 6.42 Å². The molecule has 0 saturated heterocycles. The highest BCUT2D eigenvalue weighted by atomic mass is 19.1. The van der Waals surface area contributed by atoms with E-state index in [1.54, 1.807) is 0 Å². The molecule has 20 heavy (non-hydrogen) atoms. The molecule has 0 amide bonds. The maximum atomic E-state index is 13.5. The molecule has 2 rings (SSSR count). The molecule has 1 saturated carbocycles. The molecule has 2 atom stereocenters. The number of halogens is 1. The van der Waals surface area contributed by atoms with E-state index in [0.29, 0.717) is 17.9 Å². The molecule has 0 spiro atoms. The smallest absolute Gasteiger partial charge is 0.272 e. The summed E-state index contributed by atoms with van der Waals surface area (Å²) in [7, 11) is 0. The number of nitrogens with zero attached hydrogens (tertiary/aromatic N) is 1. The maximum absolute atomic E-state index is 13.5. The quantitative estimate of drug-likeness (QED) is 0.677. The third-order valence-corrected chi connectivity index (χ3v) is 4.27. The predicted octanol–water partition coefficient (Wildman–Crippen LogP) is 3.57. The molecule has 2 N–H and O–H groups in total. The lowest BCUT2D eigenvalue weighted by atomic mass is 9.72. The van der Waals surface area contributed by atoms with E-state index in [0.717, 1.165) is 31.7 Å². The molecular weight excluding hydrogens is 259 g/mol. The van der Waals surface area contributed by atoms with Crippen molar-refractivity contribution in [3.05, 3.63) is 39.7 Å². The van der Waals surface area contributed by atoms with Crippen LogP contribution in [0.3, 0.4) is 0 Å². The fourth-order valence-corrected chi connectivity index (χ4v) is 3.28. The lowest BCUT2D eigenvalue weighted by Crippen LogP contribution is -2.46. The summed E-state index contributed by atoms with van der Waals surface area (Å²) in [5.74, 6) is 0.0398. The third-order valence-electron chi connectivity index (χ3n) is 4.27. The normalized spacial score (nSPS) is 26.4. The zero-order chi connectivity index (χ0) is 14.8. The van der Waals surface area contributed by atoms with Crippen LogP contribution < -0.4 is 5.73 Å². The van der Waals surface area contributed by atoms with Crippen molar-refractivity contribution in [2.75, 3.05) is 0 Å². The van der Waals surface area contributed by atoms with Crippen LogP contribution in [0.4, 0.5) is 10.1 Å². The molecule has 0 heterocycles. The van der Waals surface area contributed by atoms with Crippen molar-refractivity contribution >= 4 is 5.69 Å². The van der Waals surface area contributed by atoms with Gasteiger partial charge in [-0.25, -0.2) is 4.39 Å². The number of non-ortho nitro benzene ring substituents is 1. The Labute approximate surface area is 118 Å². The molecule has 1 aliphatic carbocycles. The van der Waals surface area contributed by atoms with Gasteiger partial charge in [-0.1, -0.05) is 26.2 Å². The Hall–Kier alpha value is -1.49. The van der Waals surface area contributed by atoms with Gasteiger partial charge in [0.15, 0.2) is 0 Å². The minimum atomic E-state index is -0.569. The summed E-state index contributed by atoms with van der Waals surface area (Å²) >= 11 is 0. The summed E-state index contributed by atoms with van der Waals surface area (Å²) in [4.78, 5) is 10.2. The van der Waals surface area contributed by atoms with Gasteiger partial charge in [-0.2, -0.15) is 0 Å². The van der Waals surface area contributed by atoms with E-state index in [2.05, 4.69) is 6.92 Å². The first kappa shape index (κ1) is 14.9. The van der Waals surface area contributed by atoms with Gasteiger partial charge in [0.1, 0.15) is 5.82 Å². The third kappa shape index (κ3) is 3.54. The number of hydrogen-bond acceptors (Lipinski definition) is 3. The molecule has 1 aromatic rings. The molecule has 1 aromatic carbocycles. The number of rotatable bonds is 4. The van der Waals surface area contributed by atoms with Crippen LogP contribution >= 0.6 is 0 Å². The second-order valence-electron chi connectivity index (χ2n) is 5.98. The van der Waals surface area contributed by atoms with Crippen molar-refractivity contribution in [3.63, 3.8) is 0 Å². The minimum Gasteiger partial charge on any atom is -0.325 e. The van der Waals surface area contributed by atoms with Crippen molar-refractivity contribution < 1.29 is 9.31 Å². The number of benzene rings is 1. The minimum absolute atomic E-state index is 0.202. The zero-order valence-corrected chi connectivity index (χ0v) is 11.8. The largest absolute Gasteiger partial charge is 0.325 e. The summed E-state index contributed by atoms with van der Waals surface area (Å²) in [6.45, 7) is 2.16. The summed E-state index contributed by atoms with van der Waals surface area (Å²) in [6.07, 6.45) is 5.68. The molecule has 1 fully saturated rings. The van der Waals surface area contributed by atoms with Crippen LogP contribution in [0.15, 0.2) is 18.2 Å². The summed E-state index contributed by atoms with van der Waals surface area (Å²) in [5.41, 5.74) is 6.50. The van der Waals surface area contributed by atoms with Gasteiger partial charge >= 0.3 is 0 Å². The first-order valence-corrected chi connectivity index (χ1v) is 7.14. The van der Waals surface area contributed by atoms with Gasteiger partial charge < -0.3 is 5.73 Å². The molecule has 110 valence electrons. The number of hydrogen-bond donors (Lipinski definition) is 1. The van der Waals surface area contributed by atoms with Crippen molar-refractivity contribution in [3.8, 4) is 0 Å². The summed E-state index contributed by atoms with van der Waals surface area (Å²) in [6, 6.07) is 3.74. The van der Waals surface area contributed by atoms with E-state index in [1.807, 2.05) is 0 Å². The molecule has 5 heteroatoms. The topological polar surface area (TPSA) is 69.2 Å². The van der Waals surface area contributed by atoms with Crippen LogP contribution in [-0.4, -0.2) is 10.5 Å². The van der Waals surface area contributed by atoms with Gasteiger partial charge in [0.2, 0.25) is 0 Å². The highest BCUT2D eigenvalue weighted by Gasteiger charge is 2.32. The average molecular weight is 280 g/mol. The SMILES string of the molecule is CCC1CCCC(N)(Cc2cc(F)cc([N+](=O)[O-])c2)C1. The van der Waals surface area contributed by atoms with Crippen LogP contribution in [0.2, 0.25) is 0 Å². The fraction of sp³-hybridized carbons (Fsp3) is 0.600. The molecular formula is C15H21FN2O2. The molecule has 0 aliphatic heterocycles.